The fourth-order valence-corrected chi connectivity index (χ4v) is 4.55. The van der Waals surface area contributed by atoms with E-state index in [2.05, 4.69) is 35.6 Å². The van der Waals surface area contributed by atoms with Crippen molar-refractivity contribution in [3.8, 4) is 0 Å². The van der Waals surface area contributed by atoms with Crippen LogP contribution in [-0.4, -0.2) is 56.8 Å². The molecule has 178 valence electrons. The number of anilines is 3. The molecule has 0 saturated carbocycles. The number of pyridine rings is 1. The molecule has 2 N–H and O–H groups in total. The van der Waals surface area contributed by atoms with E-state index in [1.165, 1.54) is 4.90 Å². The largest absolute Gasteiger partial charge is 0.444 e. The number of nitrogens with two attached hydrogens (primary N) is 1. The zero-order chi connectivity index (χ0) is 24.2. The highest BCUT2D eigenvalue weighted by molar-refractivity contribution is 5.70. The molecule has 2 aliphatic rings. The molecule has 4 rings (SSSR count). The van der Waals surface area contributed by atoms with Crippen molar-refractivity contribution in [1.29, 1.82) is 0 Å². The van der Waals surface area contributed by atoms with Crippen LogP contribution in [-0.2, 0) is 21.4 Å². The summed E-state index contributed by atoms with van der Waals surface area (Å²) in [5.74, 6) is 1.75. The lowest BCUT2D eigenvalue weighted by atomic mass is 9.73. The molecule has 2 aromatic rings. The third-order valence-electron chi connectivity index (χ3n) is 6.27. The normalized spacial score (nSPS) is 23.6. The second kappa shape index (κ2) is 7.83. The molecule has 33 heavy (non-hydrogen) atoms. The number of aromatic nitrogens is 3. The average molecular weight is 455 g/mol. The van der Waals surface area contributed by atoms with Crippen molar-refractivity contribution in [2.45, 2.75) is 77.2 Å². The summed E-state index contributed by atoms with van der Waals surface area (Å²) in [7, 11) is 1.71. The van der Waals surface area contributed by atoms with Gasteiger partial charge in [-0.25, -0.2) is 14.8 Å². The number of ether oxygens (including phenoxy) is 2. The first-order chi connectivity index (χ1) is 15.3. The van der Waals surface area contributed by atoms with Crippen LogP contribution >= 0.6 is 0 Å². The second-order valence-corrected chi connectivity index (χ2v) is 10.8. The lowest BCUT2D eigenvalue weighted by Crippen LogP contribution is -2.54. The Hall–Kier alpha value is -2.94. The van der Waals surface area contributed by atoms with Crippen LogP contribution in [0.1, 0.15) is 59.2 Å². The molecule has 0 bridgehead atoms. The molecule has 2 aromatic heterocycles. The molecule has 0 aliphatic carbocycles. The number of amides is 1. The molecule has 0 unspecified atom stereocenters. The molecular weight excluding hydrogens is 420 g/mol. The van der Waals surface area contributed by atoms with E-state index in [4.69, 9.17) is 20.2 Å². The summed E-state index contributed by atoms with van der Waals surface area (Å²) >= 11 is 0. The summed E-state index contributed by atoms with van der Waals surface area (Å²) in [6.45, 7) is 12.8. The minimum absolute atomic E-state index is 0.0821. The number of hydrogen-bond donors (Lipinski definition) is 1. The van der Waals surface area contributed by atoms with Gasteiger partial charge in [-0.05, 0) is 53.2 Å². The van der Waals surface area contributed by atoms with Crippen molar-refractivity contribution < 1.29 is 14.3 Å². The van der Waals surface area contributed by atoms with Gasteiger partial charge in [-0.3, -0.25) is 0 Å². The Morgan fingerprint density at radius 1 is 1.30 bits per heavy atom. The van der Waals surface area contributed by atoms with Gasteiger partial charge in [-0.2, -0.15) is 4.98 Å². The molecule has 0 spiro atoms. The Labute approximate surface area is 195 Å². The van der Waals surface area contributed by atoms with Crippen molar-refractivity contribution in [3.05, 3.63) is 35.7 Å². The maximum atomic E-state index is 12.4. The predicted molar refractivity (Wildman–Crippen MR) is 126 cm³/mol. The van der Waals surface area contributed by atoms with Gasteiger partial charge in [-0.15, -0.1) is 0 Å². The highest BCUT2D eigenvalue weighted by Gasteiger charge is 2.55. The van der Waals surface area contributed by atoms with Crippen LogP contribution in [0.3, 0.4) is 0 Å². The molecule has 2 atom stereocenters. The summed E-state index contributed by atoms with van der Waals surface area (Å²) < 4.78 is 11.7. The molecular formula is C24H34N6O3. The van der Waals surface area contributed by atoms with Gasteiger partial charge in [0.1, 0.15) is 17.2 Å². The maximum absolute atomic E-state index is 12.4. The highest BCUT2D eigenvalue weighted by Crippen LogP contribution is 2.52. The van der Waals surface area contributed by atoms with Gasteiger partial charge in [0, 0.05) is 24.2 Å². The molecule has 4 heterocycles. The smallest absolute Gasteiger partial charge is 0.410 e. The number of rotatable bonds is 3. The average Bonchev–Trinajstić information content (AvgIpc) is 2.93. The minimum Gasteiger partial charge on any atom is -0.444 e. The van der Waals surface area contributed by atoms with Gasteiger partial charge in [0.05, 0.1) is 30.5 Å². The van der Waals surface area contributed by atoms with E-state index in [1.807, 2.05) is 45.2 Å². The van der Waals surface area contributed by atoms with Crippen LogP contribution in [0, 0.1) is 0 Å². The third kappa shape index (κ3) is 4.46. The number of carbonyl (C=O) groups is 1. The first kappa shape index (κ1) is 23.2. The van der Waals surface area contributed by atoms with E-state index in [1.54, 1.807) is 7.05 Å². The van der Waals surface area contributed by atoms with E-state index in [9.17, 15) is 4.79 Å². The topological polar surface area (TPSA) is 107 Å². The summed E-state index contributed by atoms with van der Waals surface area (Å²) in [5, 5.41) is 0. The highest BCUT2D eigenvalue weighted by atomic mass is 16.6. The van der Waals surface area contributed by atoms with Crippen molar-refractivity contribution >= 4 is 23.7 Å². The van der Waals surface area contributed by atoms with Gasteiger partial charge < -0.3 is 25.0 Å². The van der Waals surface area contributed by atoms with E-state index in [0.29, 0.717) is 13.2 Å². The molecule has 1 saturated heterocycles. The number of hydrogen-bond acceptors (Lipinski definition) is 8. The van der Waals surface area contributed by atoms with Gasteiger partial charge in [0.25, 0.3) is 0 Å². The van der Waals surface area contributed by atoms with Crippen LogP contribution in [0.4, 0.5) is 22.4 Å². The van der Waals surface area contributed by atoms with Crippen LogP contribution in [0.25, 0.3) is 0 Å². The summed E-state index contributed by atoms with van der Waals surface area (Å²) in [4.78, 5) is 29.9. The fraction of sp³-hybridized carbons (Fsp3) is 0.583. The lowest BCUT2D eigenvalue weighted by molar-refractivity contribution is -0.0893. The van der Waals surface area contributed by atoms with E-state index < -0.39 is 5.60 Å². The summed E-state index contributed by atoms with van der Waals surface area (Å²) in [6, 6.07) is 5.90. The Kier molecular flexibility index (Phi) is 5.51. The Balaban J connectivity index is 1.68. The number of fused-ring (bicyclic) bond motifs is 3. The first-order valence-corrected chi connectivity index (χ1v) is 11.3. The Morgan fingerprint density at radius 3 is 2.73 bits per heavy atom. The Morgan fingerprint density at radius 2 is 2.03 bits per heavy atom. The van der Waals surface area contributed by atoms with E-state index >= 15 is 0 Å². The zero-order valence-corrected chi connectivity index (χ0v) is 20.5. The van der Waals surface area contributed by atoms with E-state index in [-0.39, 0.29) is 29.1 Å². The van der Waals surface area contributed by atoms with Gasteiger partial charge >= 0.3 is 6.09 Å². The monoisotopic (exact) mass is 454 g/mol. The van der Waals surface area contributed by atoms with Crippen LogP contribution in [0.2, 0.25) is 0 Å². The number of nitrogens with zero attached hydrogens (tertiary/aromatic N) is 5. The molecule has 1 amide bonds. The lowest BCUT2D eigenvalue weighted by Gasteiger charge is -2.46. The zero-order valence-electron chi connectivity index (χ0n) is 20.5. The molecule has 9 nitrogen and oxygen atoms in total. The number of carbonyl (C=O) groups excluding carboxylic acids is 1. The van der Waals surface area contributed by atoms with Crippen LogP contribution in [0.15, 0.2) is 24.4 Å². The van der Waals surface area contributed by atoms with Crippen molar-refractivity contribution in [2.24, 2.45) is 0 Å². The molecule has 0 radical (unpaired) electrons. The second-order valence-electron chi connectivity index (χ2n) is 10.8. The standard InChI is InChI=1S/C24H34N6O3/c1-22(2,3)33-21(31)29(7)13-15-9-8-10-18(27-15)30-17-11-23(4,5)32-14-24(17,6)16-12-26-20(25)28-19(16)30/h8-10,12,17H,11,13-14H2,1-7H3,(H2,25,26,28)/t17-,24-/m1/s1. The van der Waals surface area contributed by atoms with Crippen molar-refractivity contribution in [1.82, 2.24) is 19.9 Å². The Bertz CT molecular complexity index is 1070. The predicted octanol–water partition coefficient (Wildman–Crippen LogP) is 3.80. The molecule has 9 heteroatoms. The van der Waals surface area contributed by atoms with E-state index in [0.717, 1.165) is 29.3 Å². The molecule has 2 aliphatic heterocycles. The minimum atomic E-state index is -0.556. The van der Waals surface area contributed by atoms with Gasteiger partial charge in [0.2, 0.25) is 5.95 Å². The van der Waals surface area contributed by atoms with Gasteiger partial charge in [0.15, 0.2) is 0 Å². The van der Waals surface area contributed by atoms with Crippen molar-refractivity contribution in [3.63, 3.8) is 0 Å². The van der Waals surface area contributed by atoms with Crippen LogP contribution in [0.5, 0.6) is 0 Å². The first-order valence-electron chi connectivity index (χ1n) is 11.3. The fourth-order valence-electron chi connectivity index (χ4n) is 4.55. The summed E-state index contributed by atoms with van der Waals surface area (Å²) in [6.07, 6.45) is 2.22. The quantitative estimate of drug-likeness (QED) is 0.746. The molecule has 0 aromatic carbocycles. The molecule has 1 fully saturated rings. The van der Waals surface area contributed by atoms with Gasteiger partial charge in [-0.1, -0.05) is 13.0 Å². The van der Waals surface area contributed by atoms with Crippen molar-refractivity contribution in [2.75, 3.05) is 24.3 Å². The van der Waals surface area contributed by atoms with Crippen LogP contribution < -0.4 is 10.6 Å². The summed E-state index contributed by atoms with van der Waals surface area (Å²) in [5.41, 5.74) is 6.62. The number of nitrogen functional groups attached to an aromatic ring is 1. The SMILES string of the molecule is CN(Cc1cccc(N2c3nc(N)ncc3[C@@]3(C)COC(C)(C)C[C@@H]23)n1)C(=O)OC(C)(C)C. The maximum Gasteiger partial charge on any atom is 0.410 e. The third-order valence-corrected chi connectivity index (χ3v) is 6.27.